The fraction of sp³-hybridized carbons (Fsp3) is 0.320. The highest BCUT2D eigenvalue weighted by Crippen LogP contribution is 2.45. The smallest absolute Gasteiger partial charge is 0.0643 e. The topological polar surface area (TPSA) is 40.1 Å². The largest absolute Gasteiger partial charge is 0.545 e. The predicted octanol–water partition coefficient (Wildman–Crippen LogP) is 4.20. The van der Waals surface area contributed by atoms with E-state index in [4.69, 9.17) is 0 Å². The lowest BCUT2D eigenvalue weighted by Gasteiger charge is -2.41. The standard InChI is InChI=1S/C25H26O2/c1-24(2)15-16-25(3,4)22-17-20(11-13-21(22)24)10-9-18-5-7-19(8-6-18)12-14-23(26)27/h5-8,11-14,17H,15-16H2,1-4H3,(H,26,27)/p-1/b14-12+. The third kappa shape index (κ3) is 4.31. The summed E-state index contributed by atoms with van der Waals surface area (Å²) in [6.45, 7) is 9.28. The quantitative estimate of drug-likeness (QED) is 0.597. The van der Waals surface area contributed by atoms with Crippen molar-refractivity contribution in [1.29, 1.82) is 0 Å². The molecule has 0 aromatic heterocycles. The molecule has 0 saturated carbocycles. The summed E-state index contributed by atoms with van der Waals surface area (Å²) in [5.41, 5.74) is 5.98. The summed E-state index contributed by atoms with van der Waals surface area (Å²) in [7, 11) is 0. The first-order chi connectivity index (χ1) is 12.7. The van der Waals surface area contributed by atoms with Gasteiger partial charge in [-0.3, -0.25) is 0 Å². The fourth-order valence-electron chi connectivity index (χ4n) is 3.65. The molecule has 2 aromatic rings. The molecule has 2 aromatic carbocycles. The summed E-state index contributed by atoms with van der Waals surface area (Å²) in [6, 6.07) is 14.1. The number of rotatable bonds is 2. The zero-order valence-corrected chi connectivity index (χ0v) is 16.4. The maximum atomic E-state index is 10.5. The van der Waals surface area contributed by atoms with Crippen molar-refractivity contribution < 1.29 is 9.90 Å². The molecular weight excluding hydrogens is 332 g/mol. The average molecular weight is 357 g/mol. The van der Waals surface area contributed by atoms with E-state index in [0.29, 0.717) is 0 Å². The molecular formula is C25H25O2-. The first kappa shape index (κ1) is 19.0. The number of benzene rings is 2. The lowest BCUT2D eigenvalue weighted by atomic mass is 9.63. The van der Waals surface area contributed by atoms with Crippen LogP contribution in [-0.2, 0) is 15.6 Å². The predicted molar refractivity (Wildman–Crippen MR) is 108 cm³/mol. The van der Waals surface area contributed by atoms with Crippen molar-refractivity contribution in [3.8, 4) is 11.8 Å². The summed E-state index contributed by atoms with van der Waals surface area (Å²) in [4.78, 5) is 10.5. The van der Waals surface area contributed by atoms with Crippen molar-refractivity contribution in [2.45, 2.75) is 51.4 Å². The van der Waals surface area contributed by atoms with Crippen molar-refractivity contribution in [1.82, 2.24) is 0 Å². The molecule has 138 valence electrons. The molecule has 0 heterocycles. The Labute approximate surface area is 161 Å². The SMILES string of the molecule is CC1(C)CCC(C)(C)c2cc(C#Cc3ccc(/C=C/C(=O)[O-])cc3)ccc21. The zero-order chi connectivity index (χ0) is 19.7. The van der Waals surface area contributed by atoms with Gasteiger partial charge >= 0.3 is 0 Å². The Balaban J connectivity index is 1.87. The van der Waals surface area contributed by atoms with E-state index >= 15 is 0 Å². The van der Waals surface area contributed by atoms with Gasteiger partial charge in [-0.15, -0.1) is 0 Å². The normalized spacial score (nSPS) is 17.0. The van der Waals surface area contributed by atoms with Gasteiger partial charge < -0.3 is 9.90 Å². The second-order valence-corrected chi connectivity index (χ2v) is 8.55. The highest BCUT2D eigenvalue weighted by molar-refractivity contribution is 5.83. The highest BCUT2D eigenvalue weighted by atomic mass is 16.4. The Kier molecular flexibility index (Phi) is 4.98. The summed E-state index contributed by atoms with van der Waals surface area (Å²) in [5, 5.41) is 10.5. The zero-order valence-electron chi connectivity index (χ0n) is 16.4. The van der Waals surface area contributed by atoms with Crippen LogP contribution in [0, 0.1) is 11.8 Å². The Bertz CT molecular complexity index is 948. The second-order valence-electron chi connectivity index (χ2n) is 8.55. The third-order valence-electron chi connectivity index (χ3n) is 5.53. The van der Waals surface area contributed by atoms with E-state index in [1.165, 1.54) is 30.0 Å². The van der Waals surface area contributed by atoms with Gasteiger partial charge in [-0.25, -0.2) is 0 Å². The molecule has 0 N–H and O–H groups in total. The van der Waals surface area contributed by atoms with E-state index in [0.717, 1.165) is 22.8 Å². The van der Waals surface area contributed by atoms with Gasteiger partial charge in [0.1, 0.15) is 0 Å². The van der Waals surface area contributed by atoms with Gasteiger partial charge in [0, 0.05) is 11.1 Å². The lowest BCUT2D eigenvalue weighted by molar-refractivity contribution is -0.297. The molecule has 1 aliphatic carbocycles. The van der Waals surface area contributed by atoms with Crippen LogP contribution in [0.15, 0.2) is 48.5 Å². The Morgan fingerprint density at radius 1 is 0.889 bits per heavy atom. The number of hydrogen-bond acceptors (Lipinski definition) is 2. The van der Waals surface area contributed by atoms with Gasteiger partial charge in [0.2, 0.25) is 0 Å². The molecule has 0 bridgehead atoms. The average Bonchev–Trinajstić information content (AvgIpc) is 2.63. The van der Waals surface area contributed by atoms with Crippen molar-refractivity contribution in [3.05, 3.63) is 76.4 Å². The third-order valence-corrected chi connectivity index (χ3v) is 5.53. The van der Waals surface area contributed by atoms with Crippen LogP contribution in [0.5, 0.6) is 0 Å². The van der Waals surface area contributed by atoms with E-state index in [-0.39, 0.29) is 10.8 Å². The van der Waals surface area contributed by atoms with Gasteiger partial charge in [-0.2, -0.15) is 0 Å². The maximum absolute atomic E-state index is 10.5. The summed E-state index contributed by atoms with van der Waals surface area (Å²) >= 11 is 0. The van der Waals surface area contributed by atoms with E-state index < -0.39 is 5.97 Å². The van der Waals surface area contributed by atoms with E-state index in [1.54, 1.807) is 0 Å². The van der Waals surface area contributed by atoms with Gasteiger partial charge in [0.15, 0.2) is 0 Å². The number of carboxylic acid groups (broad SMARTS) is 1. The first-order valence-corrected chi connectivity index (χ1v) is 9.34. The van der Waals surface area contributed by atoms with Crippen LogP contribution < -0.4 is 5.11 Å². The number of carboxylic acids is 1. The minimum absolute atomic E-state index is 0.176. The van der Waals surface area contributed by atoms with Crippen molar-refractivity contribution in [2.75, 3.05) is 0 Å². The molecule has 0 fully saturated rings. The first-order valence-electron chi connectivity index (χ1n) is 9.34. The molecule has 0 unspecified atom stereocenters. The molecule has 3 rings (SSSR count). The number of carbonyl (C=O) groups is 1. The van der Waals surface area contributed by atoms with Gasteiger partial charge in [-0.1, -0.05) is 63.8 Å². The highest BCUT2D eigenvalue weighted by Gasteiger charge is 2.36. The van der Waals surface area contributed by atoms with Gasteiger partial charge in [-0.05, 0) is 70.7 Å². The Hall–Kier alpha value is -2.79. The summed E-state index contributed by atoms with van der Waals surface area (Å²) in [5.74, 6) is 5.28. The number of fused-ring (bicyclic) bond motifs is 1. The van der Waals surface area contributed by atoms with Crippen molar-refractivity contribution in [2.24, 2.45) is 0 Å². The van der Waals surface area contributed by atoms with E-state index in [9.17, 15) is 9.90 Å². The van der Waals surface area contributed by atoms with Crippen LogP contribution in [0.4, 0.5) is 0 Å². The molecule has 0 atom stereocenters. The maximum Gasteiger partial charge on any atom is 0.0643 e. The molecule has 0 spiro atoms. The van der Waals surface area contributed by atoms with Crippen LogP contribution in [0.2, 0.25) is 0 Å². The number of aliphatic carboxylic acids is 1. The molecule has 0 aliphatic heterocycles. The van der Waals surface area contributed by atoms with Crippen LogP contribution >= 0.6 is 0 Å². The number of carbonyl (C=O) groups excluding carboxylic acids is 1. The van der Waals surface area contributed by atoms with E-state index in [2.05, 4.69) is 57.7 Å². The van der Waals surface area contributed by atoms with Crippen LogP contribution in [0.1, 0.15) is 68.4 Å². The second kappa shape index (κ2) is 7.08. The molecule has 2 heteroatoms. The summed E-state index contributed by atoms with van der Waals surface area (Å²) in [6.07, 6.45) is 4.93. The fourth-order valence-corrected chi connectivity index (χ4v) is 3.65. The molecule has 2 nitrogen and oxygen atoms in total. The monoisotopic (exact) mass is 357 g/mol. The lowest BCUT2D eigenvalue weighted by Crippen LogP contribution is -2.33. The minimum Gasteiger partial charge on any atom is -0.545 e. The van der Waals surface area contributed by atoms with Gasteiger partial charge in [0.05, 0.1) is 5.97 Å². The van der Waals surface area contributed by atoms with E-state index in [1.807, 2.05) is 24.3 Å². The number of hydrogen-bond donors (Lipinski definition) is 0. The molecule has 0 radical (unpaired) electrons. The molecule has 27 heavy (non-hydrogen) atoms. The van der Waals surface area contributed by atoms with Crippen molar-refractivity contribution in [3.63, 3.8) is 0 Å². The van der Waals surface area contributed by atoms with Crippen LogP contribution in [-0.4, -0.2) is 5.97 Å². The van der Waals surface area contributed by atoms with Crippen LogP contribution in [0.3, 0.4) is 0 Å². The van der Waals surface area contributed by atoms with Gasteiger partial charge in [0.25, 0.3) is 0 Å². The summed E-state index contributed by atoms with van der Waals surface area (Å²) < 4.78 is 0. The van der Waals surface area contributed by atoms with Crippen molar-refractivity contribution >= 4 is 12.0 Å². The minimum atomic E-state index is -1.20. The Morgan fingerprint density at radius 2 is 1.44 bits per heavy atom. The molecule has 0 saturated heterocycles. The Morgan fingerprint density at radius 3 is 2.07 bits per heavy atom. The molecule has 0 amide bonds. The van der Waals surface area contributed by atoms with Crippen LogP contribution in [0.25, 0.3) is 6.08 Å². The molecule has 1 aliphatic rings.